The lowest BCUT2D eigenvalue weighted by Crippen LogP contribution is -2.32. The van der Waals surface area contributed by atoms with E-state index in [1.54, 1.807) is 12.1 Å². The Morgan fingerprint density at radius 2 is 1.75 bits per heavy atom. The Kier molecular flexibility index (Phi) is 6.78. The molecule has 1 heterocycles. The first-order valence-corrected chi connectivity index (χ1v) is 10.5. The van der Waals surface area contributed by atoms with E-state index in [-0.39, 0.29) is 29.7 Å². The maximum atomic E-state index is 14.0. The van der Waals surface area contributed by atoms with Gasteiger partial charge >= 0.3 is 11.9 Å². The number of aryl methyl sites for hydroxylation is 1. The molecule has 32 heavy (non-hydrogen) atoms. The highest BCUT2D eigenvalue weighted by molar-refractivity contribution is 5.97. The Morgan fingerprint density at radius 1 is 1.09 bits per heavy atom. The van der Waals surface area contributed by atoms with Gasteiger partial charge in [0, 0.05) is 18.7 Å². The van der Waals surface area contributed by atoms with Gasteiger partial charge in [-0.05, 0) is 43.3 Å². The van der Waals surface area contributed by atoms with E-state index < -0.39 is 23.3 Å². The van der Waals surface area contributed by atoms with Gasteiger partial charge in [0.15, 0.2) is 0 Å². The zero-order chi connectivity index (χ0) is 23.6. The van der Waals surface area contributed by atoms with Crippen molar-refractivity contribution < 1.29 is 18.0 Å². The normalized spacial score (nSPS) is 12.1. The second kappa shape index (κ2) is 9.20. The molecular weight excluding hydrogens is 421 g/mol. The van der Waals surface area contributed by atoms with Crippen molar-refractivity contribution in [3.63, 3.8) is 0 Å². The fourth-order valence-electron chi connectivity index (χ4n) is 3.91. The van der Waals surface area contributed by atoms with Crippen molar-refractivity contribution in [1.82, 2.24) is 14.0 Å². The topological polar surface area (TPSA) is 73.3 Å². The minimum atomic E-state index is -4.77. The lowest BCUT2D eigenvalue weighted by molar-refractivity contribution is -0.136. The van der Waals surface area contributed by atoms with Gasteiger partial charge in [0.25, 0.3) is 0 Å². The van der Waals surface area contributed by atoms with Crippen molar-refractivity contribution in [1.29, 1.82) is 0 Å². The molecule has 9 heteroatoms. The number of aromatic nitrogens is 2. The standard InChI is InChI=1S/C23H27F3N4O2/c1-4-28(5-2)10-11-29-19-13-17(21(27)31)12-18(23(24,25)26)20(19)30(22(29)32)14-16-9-7-6-8-15(16)3/h6-9,12-13H,4-5,10-11,14H2,1-3H3,(H2,27,31). The molecule has 0 bridgehead atoms. The van der Waals surface area contributed by atoms with Crippen molar-refractivity contribution in [3.05, 3.63) is 69.1 Å². The van der Waals surface area contributed by atoms with Gasteiger partial charge < -0.3 is 10.6 Å². The third-order valence-electron chi connectivity index (χ3n) is 5.83. The van der Waals surface area contributed by atoms with Gasteiger partial charge in [-0.3, -0.25) is 13.9 Å². The quantitative estimate of drug-likeness (QED) is 0.572. The molecule has 0 saturated heterocycles. The summed E-state index contributed by atoms with van der Waals surface area (Å²) in [6, 6.07) is 9.25. The molecule has 0 unspecified atom stereocenters. The van der Waals surface area contributed by atoms with Crippen LogP contribution in [-0.2, 0) is 19.3 Å². The number of alkyl halides is 3. The molecule has 172 valence electrons. The number of halogens is 3. The summed E-state index contributed by atoms with van der Waals surface area (Å²) in [5, 5.41) is 0. The summed E-state index contributed by atoms with van der Waals surface area (Å²) < 4.78 is 44.6. The Hall–Kier alpha value is -3.07. The van der Waals surface area contributed by atoms with Crippen molar-refractivity contribution in [2.24, 2.45) is 5.73 Å². The molecular formula is C23H27F3N4O2. The third kappa shape index (κ3) is 4.57. The highest BCUT2D eigenvalue weighted by Gasteiger charge is 2.36. The van der Waals surface area contributed by atoms with Crippen LogP contribution in [0.4, 0.5) is 13.2 Å². The predicted molar refractivity (Wildman–Crippen MR) is 118 cm³/mol. The van der Waals surface area contributed by atoms with Gasteiger partial charge in [-0.15, -0.1) is 0 Å². The summed E-state index contributed by atoms with van der Waals surface area (Å²) in [5.74, 6) is -0.980. The first kappa shape index (κ1) is 23.6. The number of imidazole rings is 1. The summed E-state index contributed by atoms with van der Waals surface area (Å²) in [6.07, 6.45) is -4.77. The lowest BCUT2D eigenvalue weighted by atomic mass is 10.1. The molecule has 6 nitrogen and oxygen atoms in total. The zero-order valence-corrected chi connectivity index (χ0v) is 18.4. The molecule has 0 fully saturated rings. The van der Waals surface area contributed by atoms with E-state index in [1.165, 1.54) is 10.6 Å². The van der Waals surface area contributed by atoms with Crippen LogP contribution in [0, 0.1) is 6.92 Å². The first-order chi connectivity index (χ1) is 15.1. The maximum absolute atomic E-state index is 14.0. The van der Waals surface area contributed by atoms with Crippen molar-refractivity contribution in [2.75, 3.05) is 19.6 Å². The number of carbonyl (C=O) groups excluding carboxylic acids is 1. The van der Waals surface area contributed by atoms with Gasteiger partial charge in [0.1, 0.15) is 0 Å². The van der Waals surface area contributed by atoms with Gasteiger partial charge in [0.2, 0.25) is 5.91 Å². The van der Waals surface area contributed by atoms with Gasteiger partial charge in [-0.25, -0.2) is 4.79 Å². The minimum absolute atomic E-state index is 0.0146. The number of hydrogen-bond acceptors (Lipinski definition) is 3. The fourth-order valence-corrected chi connectivity index (χ4v) is 3.91. The van der Waals surface area contributed by atoms with E-state index >= 15 is 0 Å². The van der Waals surface area contributed by atoms with Crippen LogP contribution in [-0.4, -0.2) is 39.6 Å². The maximum Gasteiger partial charge on any atom is 0.418 e. The molecule has 0 aliphatic heterocycles. The zero-order valence-electron chi connectivity index (χ0n) is 18.4. The number of primary amides is 1. The molecule has 0 radical (unpaired) electrons. The second-order valence-corrected chi connectivity index (χ2v) is 7.73. The van der Waals surface area contributed by atoms with Gasteiger partial charge in [0.05, 0.1) is 23.1 Å². The molecule has 0 saturated carbocycles. The summed E-state index contributed by atoms with van der Waals surface area (Å²) >= 11 is 0. The highest BCUT2D eigenvalue weighted by Crippen LogP contribution is 2.36. The second-order valence-electron chi connectivity index (χ2n) is 7.73. The van der Waals surface area contributed by atoms with E-state index in [0.717, 1.165) is 34.8 Å². The summed E-state index contributed by atoms with van der Waals surface area (Å²) in [4.78, 5) is 27.2. The first-order valence-electron chi connectivity index (χ1n) is 10.5. The molecule has 1 amide bonds. The van der Waals surface area contributed by atoms with E-state index in [9.17, 15) is 22.8 Å². The SMILES string of the molecule is CCN(CC)CCn1c(=O)n(Cc2ccccc2C)c2c(C(F)(F)F)cc(C(N)=O)cc21. The molecule has 1 aromatic heterocycles. The molecule has 0 aliphatic rings. The van der Waals surface area contributed by atoms with Gasteiger partial charge in [-0.1, -0.05) is 38.1 Å². The van der Waals surface area contributed by atoms with E-state index in [1.807, 2.05) is 32.9 Å². The molecule has 0 atom stereocenters. The number of fused-ring (bicyclic) bond motifs is 1. The van der Waals surface area contributed by atoms with E-state index in [0.29, 0.717) is 6.54 Å². The average molecular weight is 448 g/mol. The smallest absolute Gasteiger partial charge is 0.366 e. The summed E-state index contributed by atoms with van der Waals surface area (Å²) in [7, 11) is 0. The highest BCUT2D eigenvalue weighted by atomic mass is 19.4. The average Bonchev–Trinajstić information content (AvgIpc) is 3.00. The van der Waals surface area contributed by atoms with Crippen LogP contribution in [0.15, 0.2) is 41.2 Å². The number of nitrogens with zero attached hydrogens (tertiary/aromatic N) is 3. The van der Waals surface area contributed by atoms with Crippen LogP contribution in [0.25, 0.3) is 11.0 Å². The number of benzene rings is 2. The number of amides is 1. The van der Waals surface area contributed by atoms with E-state index in [4.69, 9.17) is 5.73 Å². The Labute approximate surface area is 184 Å². The number of likely N-dealkylation sites (N-methyl/N-ethyl adjacent to an activating group) is 1. The Morgan fingerprint density at radius 3 is 2.31 bits per heavy atom. The number of nitrogens with two attached hydrogens (primary N) is 1. The third-order valence-corrected chi connectivity index (χ3v) is 5.83. The minimum Gasteiger partial charge on any atom is -0.366 e. The van der Waals surface area contributed by atoms with Crippen LogP contribution in [0.1, 0.15) is 40.9 Å². The van der Waals surface area contributed by atoms with Gasteiger partial charge in [-0.2, -0.15) is 13.2 Å². The summed E-state index contributed by atoms with van der Waals surface area (Å²) in [6.45, 7) is 7.94. The van der Waals surface area contributed by atoms with Crippen LogP contribution in [0.2, 0.25) is 0 Å². The number of rotatable bonds is 8. The molecule has 0 aliphatic carbocycles. The molecule has 2 N–H and O–H groups in total. The van der Waals surface area contributed by atoms with Crippen molar-refractivity contribution in [3.8, 4) is 0 Å². The van der Waals surface area contributed by atoms with Crippen LogP contribution in [0.5, 0.6) is 0 Å². The predicted octanol–water partition coefficient (Wildman–Crippen LogP) is 3.62. The van der Waals surface area contributed by atoms with Crippen LogP contribution in [0.3, 0.4) is 0 Å². The summed E-state index contributed by atoms with van der Waals surface area (Å²) in [5.41, 5.74) is 4.85. The van der Waals surface area contributed by atoms with Crippen LogP contribution < -0.4 is 11.4 Å². The Bertz CT molecular complexity index is 1190. The molecule has 3 rings (SSSR count). The van der Waals surface area contributed by atoms with Crippen LogP contribution >= 0.6 is 0 Å². The van der Waals surface area contributed by atoms with E-state index in [2.05, 4.69) is 4.90 Å². The largest absolute Gasteiger partial charge is 0.418 e. The Balaban J connectivity index is 2.31. The van der Waals surface area contributed by atoms with Crippen molar-refractivity contribution in [2.45, 2.75) is 40.0 Å². The van der Waals surface area contributed by atoms with Crippen molar-refractivity contribution >= 4 is 16.9 Å². The molecule has 3 aromatic rings. The molecule has 0 spiro atoms. The number of carbonyl (C=O) groups is 1. The fraction of sp³-hybridized carbons (Fsp3) is 0.391. The number of hydrogen-bond donors (Lipinski definition) is 1. The molecule has 2 aromatic carbocycles. The monoisotopic (exact) mass is 448 g/mol. The lowest BCUT2D eigenvalue weighted by Gasteiger charge is -2.18.